The van der Waals surface area contributed by atoms with E-state index in [1.165, 1.54) is 24.5 Å². The number of hydrogen-bond acceptors (Lipinski definition) is 3. The third-order valence-electron chi connectivity index (χ3n) is 2.67. The maximum Gasteiger partial charge on any atom is 0.337 e. The molecule has 0 saturated heterocycles. The highest BCUT2D eigenvalue weighted by atomic mass is 35.5. The molecule has 2 N–H and O–H groups in total. The second kappa shape index (κ2) is 5.71. The van der Waals surface area contributed by atoms with Crippen molar-refractivity contribution >= 4 is 29.2 Å². The normalized spacial score (nSPS) is 10.1. The van der Waals surface area contributed by atoms with Crippen molar-refractivity contribution in [2.75, 3.05) is 5.32 Å². The summed E-state index contributed by atoms with van der Waals surface area (Å²) in [5.74, 6) is -1.59. The first-order valence-corrected chi connectivity index (χ1v) is 6.11. The Labute approximate surface area is 120 Å². The third-order valence-corrected chi connectivity index (χ3v) is 2.97. The number of amides is 1. The highest BCUT2D eigenvalue weighted by Crippen LogP contribution is 2.20. The number of carboxylic acid groups (broad SMARTS) is 1. The van der Waals surface area contributed by atoms with Crippen molar-refractivity contribution in [1.29, 1.82) is 0 Å². The van der Waals surface area contributed by atoms with Gasteiger partial charge in [-0.1, -0.05) is 23.2 Å². The predicted octanol–water partition coefficient (Wildman–Crippen LogP) is 2.99. The summed E-state index contributed by atoms with van der Waals surface area (Å²) in [7, 11) is 0. The monoisotopic (exact) mass is 290 g/mol. The maximum atomic E-state index is 12.1. The number of hydrogen-bond donors (Lipinski definition) is 2. The molecule has 0 radical (unpaired) electrons. The highest BCUT2D eigenvalue weighted by Gasteiger charge is 2.15. The molecule has 1 amide bonds. The minimum atomic E-state index is -1.11. The molecule has 1 aromatic heterocycles. The van der Waals surface area contributed by atoms with Crippen LogP contribution in [0.1, 0.15) is 26.3 Å². The van der Waals surface area contributed by atoms with Gasteiger partial charge >= 0.3 is 5.97 Å². The largest absolute Gasteiger partial charge is 0.478 e. The number of halogens is 1. The van der Waals surface area contributed by atoms with Gasteiger partial charge in [-0.2, -0.15) is 0 Å². The number of nitrogens with one attached hydrogen (secondary N) is 1. The first-order valence-electron chi connectivity index (χ1n) is 5.74. The number of nitrogens with zero attached hydrogens (tertiary/aromatic N) is 1. The zero-order chi connectivity index (χ0) is 14.7. The molecule has 0 saturated carbocycles. The molecule has 102 valence electrons. The standard InChI is InChI=1S/C14H11ClN2O3/c1-8-2-3-12(10(6-8)14(19)20)17-13(18)9-4-5-16-7-11(9)15/h2-7H,1H3,(H,17,18)(H,19,20). The summed E-state index contributed by atoms with van der Waals surface area (Å²) in [6.45, 7) is 1.78. The zero-order valence-corrected chi connectivity index (χ0v) is 11.3. The summed E-state index contributed by atoms with van der Waals surface area (Å²) in [6, 6.07) is 6.22. The first kappa shape index (κ1) is 14.0. The molecule has 20 heavy (non-hydrogen) atoms. The lowest BCUT2D eigenvalue weighted by molar-refractivity contribution is 0.0698. The van der Waals surface area contributed by atoms with E-state index in [0.717, 1.165) is 5.56 Å². The Hall–Kier alpha value is -2.40. The fourth-order valence-electron chi connectivity index (χ4n) is 1.69. The molecule has 1 heterocycles. The second-order valence-corrected chi connectivity index (χ2v) is 4.57. The minimum Gasteiger partial charge on any atom is -0.478 e. The molecular formula is C14H11ClN2O3. The molecule has 2 rings (SSSR count). The van der Waals surface area contributed by atoms with Gasteiger partial charge in [-0.25, -0.2) is 4.79 Å². The van der Waals surface area contributed by atoms with Crippen LogP contribution in [0.15, 0.2) is 36.7 Å². The topological polar surface area (TPSA) is 79.3 Å². The fourth-order valence-corrected chi connectivity index (χ4v) is 1.90. The number of aromatic carboxylic acids is 1. The van der Waals surface area contributed by atoms with Gasteiger partial charge in [-0.3, -0.25) is 9.78 Å². The maximum absolute atomic E-state index is 12.1. The summed E-state index contributed by atoms with van der Waals surface area (Å²) in [5.41, 5.74) is 1.28. The van der Waals surface area contributed by atoms with Gasteiger partial charge in [0.05, 0.1) is 21.8 Å². The van der Waals surface area contributed by atoms with Crippen molar-refractivity contribution in [3.05, 3.63) is 58.4 Å². The Morgan fingerprint density at radius 3 is 2.65 bits per heavy atom. The van der Waals surface area contributed by atoms with Crippen LogP contribution in [0.2, 0.25) is 5.02 Å². The molecule has 2 aromatic rings. The van der Waals surface area contributed by atoms with Crippen molar-refractivity contribution < 1.29 is 14.7 Å². The first-order chi connectivity index (χ1) is 9.49. The molecule has 0 atom stereocenters. The Kier molecular flexibility index (Phi) is 4.00. The molecule has 0 bridgehead atoms. The van der Waals surface area contributed by atoms with Crippen LogP contribution in [-0.4, -0.2) is 22.0 Å². The SMILES string of the molecule is Cc1ccc(NC(=O)c2ccncc2Cl)c(C(=O)O)c1. The lowest BCUT2D eigenvalue weighted by atomic mass is 10.1. The van der Waals surface area contributed by atoms with E-state index in [-0.39, 0.29) is 21.8 Å². The lowest BCUT2D eigenvalue weighted by Crippen LogP contribution is -2.15. The van der Waals surface area contributed by atoms with Gasteiger partial charge in [-0.15, -0.1) is 0 Å². The van der Waals surface area contributed by atoms with Crippen LogP contribution in [-0.2, 0) is 0 Å². The average Bonchev–Trinajstić information content (AvgIpc) is 2.41. The van der Waals surface area contributed by atoms with Crippen LogP contribution in [0.25, 0.3) is 0 Å². The summed E-state index contributed by atoms with van der Waals surface area (Å²) >= 11 is 5.87. The van der Waals surface area contributed by atoms with Crippen LogP contribution in [0, 0.1) is 6.92 Å². The Morgan fingerprint density at radius 1 is 1.25 bits per heavy atom. The number of benzene rings is 1. The number of carbonyl (C=O) groups excluding carboxylic acids is 1. The van der Waals surface area contributed by atoms with Crippen LogP contribution >= 0.6 is 11.6 Å². The van der Waals surface area contributed by atoms with Gasteiger partial charge in [0.2, 0.25) is 0 Å². The Morgan fingerprint density at radius 2 is 2.00 bits per heavy atom. The molecule has 6 heteroatoms. The van der Waals surface area contributed by atoms with Crippen molar-refractivity contribution in [2.45, 2.75) is 6.92 Å². The molecule has 0 aliphatic carbocycles. The Balaban J connectivity index is 2.33. The van der Waals surface area contributed by atoms with E-state index in [4.69, 9.17) is 16.7 Å². The van der Waals surface area contributed by atoms with E-state index in [2.05, 4.69) is 10.3 Å². The molecule has 0 aliphatic heterocycles. The smallest absolute Gasteiger partial charge is 0.337 e. The van der Waals surface area contributed by atoms with Crippen molar-refractivity contribution in [3.8, 4) is 0 Å². The van der Waals surface area contributed by atoms with Gasteiger partial charge in [0.15, 0.2) is 0 Å². The van der Waals surface area contributed by atoms with Crippen LogP contribution < -0.4 is 5.32 Å². The van der Waals surface area contributed by atoms with Gasteiger partial charge in [0.1, 0.15) is 0 Å². The quantitative estimate of drug-likeness (QED) is 0.911. The molecule has 0 spiro atoms. The molecule has 0 fully saturated rings. The number of carboxylic acids is 1. The van der Waals surface area contributed by atoms with Gasteiger partial charge in [-0.05, 0) is 25.1 Å². The van der Waals surface area contributed by atoms with Crippen LogP contribution in [0.4, 0.5) is 5.69 Å². The lowest BCUT2D eigenvalue weighted by Gasteiger charge is -2.10. The number of aromatic nitrogens is 1. The third kappa shape index (κ3) is 2.95. The van der Waals surface area contributed by atoms with Crippen molar-refractivity contribution in [2.24, 2.45) is 0 Å². The van der Waals surface area contributed by atoms with E-state index in [9.17, 15) is 9.59 Å². The number of aryl methyl sites for hydroxylation is 1. The second-order valence-electron chi connectivity index (χ2n) is 4.16. The van der Waals surface area contributed by atoms with E-state index in [0.29, 0.717) is 0 Å². The van der Waals surface area contributed by atoms with E-state index < -0.39 is 11.9 Å². The van der Waals surface area contributed by atoms with E-state index >= 15 is 0 Å². The van der Waals surface area contributed by atoms with Crippen LogP contribution in [0.5, 0.6) is 0 Å². The number of rotatable bonds is 3. The zero-order valence-electron chi connectivity index (χ0n) is 10.6. The van der Waals surface area contributed by atoms with Crippen molar-refractivity contribution in [1.82, 2.24) is 4.98 Å². The molecule has 0 aliphatic rings. The van der Waals surface area contributed by atoms with Gasteiger partial charge < -0.3 is 10.4 Å². The van der Waals surface area contributed by atoms with E-state index in [1.807, 2.05) is 0 Å². The summed E-state index contributed by atoms with van der Waals surface area (Å²) in [5, 5.41) is 11.9. The predicted molar refractivity (Wildman–Crippen MR) is 75.3 cm³/mol. The summed E-state index contributed by atoms with van der Waals surface area (Å²) in [6.07, 6.45) is 2.79. The molecular weight excluding hydrogens is 280 g/mol. The van der Waals surface area contributed by atoms with E-state index in [1.54, 1.807) is 19.1 Å². The minimum absolute atomic E-state index is 0.0310. The summed E-state index contributed by atoms with van der Waals surface area (Å²) in [4.78, 5) is 27.0. The average molecular weight is 291 g/mol. The highest BCUT2D eigenvalue weighted by molar-refractivity contribution is 6.34. The summed E-state index contributed by atoms with van der Waals surface area (Å²) < 4.78 is 0. The number of carbonyl (C=O) groups is 2. The number of anilines is 1. The van der Waals surface area contributed by atoms with Gasteiger partial charge in [0, 0.05) is 12.4 Å². The number of pyridine rings is 1. The molecule has 5 nitrogen and oxygen atoms in total. The Bertz CT molecular complexity index is 686. The molecule has 0 unspecified atom stereocenters. The van der Waals surface area contributed by atoms with Crippen molar-refractivity contribution in [3.63, 3.8) is 0 Å². The fraction of sp³-hybridized carbons (Fsp3) is 0.0714. The van der Waals surface area contributed by atoms with Crippen LogP contribution in [0.3, 0.4) is 0 Å². The molecule has 1 aromatic carbocycles. The van der Waals surface area contributed by atoms with Gasteiger partial charge in [0.25, 0.3) is 5.91 Å².